The Bertz CT molecular complexity index is 262. The third-order valence-corrected chi connectivity index (χ3v) is 3.61. The monoisotopic (exact) mass is 281 g/mol. The smallest absolute Gasteiger partial charge is 0.258 e. The molecule has 0 bridgehead atoms. The van der Waals surface area contributed by atoms with Crippen LogP contribution in [-0.2, 0) is 0 Å². The van der Waals surface area contributed by atoms with Crippen molar-refractivity contribution in [2.24, 2.45) is 0 Å². The fraction of sp³-hybridized carbons (Fsp3) is 0. The molecule has 0 spiro atoms. The molecule has 58 valence electrons. The van der Waals surface area contributed by atoms with E-state index in [1.54, 1.807) is 12.1 Å². The van der Waals surface area contributed by atoms with Gasteiger partial charge in [-0.2, -0.15) is 0 Å². The number of hydrogen-bond donors (Lipinski definition) is 0. The van der Waals surface area contributed by atoms with Crippen LogP contribution in [0.4, 0.5) is 5.69 Å². The van der Waals surface area contributed by atoms with Crippen molar-refractivity contribution in [2.45, 2.75) is 0 Å². The van der Waals surface area contributed by atoms with Gasteiger partial charge in [0.2, 0.25) is 0 Å². The number of rotatable bonds is 2. The second kappa shape index (κ2) is 3.97. The van der Waals surface area contributed by atoms with Crippen molar-refractivity contribution in [3.05, 3.63) is 34.4 Å². The molecular formula is C6H5INO2P. The molecule has 5 heteroatoms. The van der Waals surface area contributed by atoms with Crippen LogP contribution in [0.25, 0.3) is 0 Å². The topological polar surface area (TPSA) is 43.1 Å². The molecule has 1 atom stereocenters. The van der Waals surface area contributed by atoms with Crippen LogP contribution in [0.1, 0.15) is 0 Å². The van der Waals surface area contributed by atoms with Crippen LogP contribution in [0.15, 0.2) is 24.3 Å². The number of nitrogens with zero attached hydrogens (tertiary/aromatic N) is 1. The maximum atomic E-state index is 10.2. The van der Waals surface area contributed by atoms with Gasteiger partial charge in [0.15, 0.2) is 0 Å². The molecule has 1 rings (SSSR count). The lowest BCUT2D eigenvalue weighted by atomic mass is 10.3. The molecule has 0 saturated heterocycles. The Labute approximate surface area is 78.6 Å². The Hall–Kier alpha value is -0.220. The highest BCUT2D eigenvalue weighted by Crippen LogP contribution is 2.20. The molecular weight excluding hydrogens is 276 g/mol. The molecule has 0 heterocycles. The van der Waals surface area contributed by atoms with Crippen molar-refractivity contribution < 1.29 is 4.92 Å². The molecule has 3 nitrogen and oxygen atoms in total. The summed E-state index contributed by atoms with van der Waals surface area (Å²) in [6.07, 6.45) is 0.667. The zero-order valence-corrected chi connectivity index (χ0v) is 8.61. The quantitative estimate of drug-likeness (QED) is 0.361. The highest BCUT2D eigenvalue weighted by atomic mass is 127. The van der Waals surface area contributed by atoms with Crippen LogP contribution in [0, 0.1) is 10.1 Å². The minimum Gasteiger partial charge on any atom is -0.258 e. The minimum absolute atomic E-state index is 0.156. The Morgan fingerprint density at radius 2 is 1.91 bits per heavy atom. The molecule has 0 amide bonds. The minimum atomic E-state index is -0.389. The van der Waals surface area contributed by atoms with Gasteiger partial charge in [0.25, 0.3) is 5.69 Å². The Kier molecular flexibility index (Phi) is 3.20. The van der Waals surface area contributed by atoms with E-state index in [2.05, 4.69) is 22.0 Å². The van der Waals surface area contributed by atoms with Gasteiger partial charge in [-0.1, -0.05) is 22.0 Å². The largest absolute Gasteiger partial charge is 0.269 e. The summed E-state index contributed by atoms with van der Waals surface area (Å²) in [5.74, 6) is 0. The van der Waals surface area contributed by atoms with E-state index in [1.807, 2.05) is 0 Å². The Morgan fingerprint density at radius 1 is 1.36 bits per heavy atom. The third kappa shape index (κ3) is 2.38. The summed E-state index contributed by atoms with van der Waals surface area (Å²) >= 11 is 2.24. The van der Waals surface area contributed by atoms with E-state index in [9.17, 15) is 10.1 Å². The second-order valence-corrected chi connectivity index (χ2v) is 4.28. The number of nitro groups is 1. The average Bonchev–Trinajstić information content (AvgIpc) is 2.05. The highest BCUT2D eigenvalue weighted by molar-refractivity contribution is 14.2. The van der Waals surface area contributed by atoms with Gasteiger partial charge in [0.05, 0.1) is 4.92 Å². The van der Waals surface area contributed by atoms with Crippen molar-refractivity contribution in [1.29, 1.82) is 0 Å². The van der Waals surface area contributed by atoms with Gasteiger partial charge in [-0.25, -0.2) is 0 Å². The summed E-state index contributed by atoms with van der Waals surface area (Å²) in [4.78, 5) is 9.82. The first kappa shape index (κ1) is 8.87. The number of halogens is 1. The molecule has 0 N–H and O–H groups in total. The van der Waals surface area contributed by atoms with E-state index >= 15 is 0 Å². The van der Waals surface area contributed by atoms with Crippen LogP contribution in [0.3, 0.4) is 0 Å². The molecule has 1 aromatic rings. The van der Waals surface area contributed by atoms with Crippen molar-refractivity contribution >= 4 is 39.3 Å². The molecule has 0 aromatic heterocycles. The van der Waals surface area contributed by atoms with E-state index in [-0.39, 0.29) is 10.6 Å². The van der Waals surface area contributed by atoms with Gasteiger partial charge in [-0.3, -0.25) is 10.1 Å². The van der Waals surface area contributed by atoms with Crippen LogP contribution in [0.5, 0.6) is 0 Å². The maximum absolute atomic E-state index is 10.2. The van der Waals surface area contributed by atoms with E-state index < -0.39 is 0 Å². The van der Waals surface area contributed by atoms with Gasteiger partial charge in [-0.15, -0.1) is 0 Å². The summed E-state index contributed by atoms with van der Waals surface area (Å²) < 4.78 is 0. The van der Waals surface area contributed by atoms with Crippen molar-refractivity contribution in [1.82, 2.24) is 0 Å². The fourth-order valence-corrected chi connectivity index (χ4v) is 2.02. The molecule has 1 aromatic carbocycles. The summed E-state index contributed by atoms with van der Waals surface area (Å²) in [6, 6.07) is 6.62. The van der Waals surface area contributed by atoms with Crippen molar-refractivity contribution in [3.63, 3.8) is 0 Å². The predicted molar refractivity (Wildman–Crippen MR) is 55.1 cm³/mol. The number of non-ortho nitro benzene ring substituents is 1. The molecule has 0 saturated carbocycles. The Balaban J connectivity index is 2.91. The van der Waals surface area contributed by atoms with Crippen molar-refractivity contribution in [3.8, 4) is 0 Å². The van der Waals surface area contributed by atoms with E-state index in [0.717, 1.165) is 5.30 Å². The first-order chi connectivity index (χ1) is 5.24. The lowest BCUT2D eigenvalue weighted by molar-refractivity contribution is -0.384. The van der Waals surface area contributed by atoms with Crippen LogP contribution < -0.4 is 5.30 Å². The summed E-state index contributed by atoms with van der Waals surface area (Å²) in [6.45, 7) is 0. The molecule has 0 aliphatic carbocycles. The zero-order chi connectivity index (χ0) is 8.27. The fourth-order valence-electron chi connectivity index (χ4n) is 0.646. The van der Waals surface area contributed by atoms with E-state index in [1.165, 1.54) is 12.1 Å². The predicted octanol–water partition coefficient (Wildman–Crippen LogP) is 2.25. The summed E-state index contributed by atoms with van der Waals surface area (Å²) in [5.41, 5.74) is 0.156. The Morgan fingerprint density at radius 3 is 2.27 bits per heavy atom. The standard InChI is InChI=1S/C6H5INO2P/c7-11-6-3-1-5(2-4-6)8(9)10/h1-4,11H. The van der Waals surface area contributed by atoms with Crippen LogP contribution in [0.2, 0.25) is 0 Å². The molecule has 1 unspecified atom stereocenters. The van der Waals surface area contributed by atoms with Gasteiger partial charge in [0, 0.05) is 12.1 Å². The van der Waals surface area contributed by atoms with Gasteiger partial charge in [0.1, 0.15) is 0 Å². The SMILES string of the molecule is O=[N+]([O-])c1ccc(PI)cc1. The number of nitro benzene ring substituents is 1. The highest BCUT2D eigenvalue weighted by Gasteiger charge is 2.02. The van der Waals surface area contributed by atoms with Crippen LogP contribution >= 0.6 is 28.3 Å². The molecule has 0 fully saturated rings. The van der Waals surface area contributed by atoms with E-state index in [4.69, 9.17) is 0 Å². The lowest BCUT2D eigenvalue weighted by Crippen LogP contribution is -1.92. The number of hydrogen-bond acceptors (Lipinski definition) is 2. The first-order valence-electron chi connectivity index (χ1n) is 2.85. The van der Waals surface area contributed by atoms with Crippen LogP contribution in [-0.4, -0.2) is 4.92 Å². The molecule has 0 aliphatic rings. The zero-order valence-electron chi connectivity index (χ0n) is 5.45. The van der Waals surface area contributed by atoms with E-state index in [0.29, 0.717) is 6.22 Å². The lowest BCUT2D eigenvalue weighted by Gasteiger charge is -1.92. The third-order valence-electron chi connectivity index (χ3n) is 1.19. The summed E-state index contributed by atoms with van der Waals surface area (Å²) in [5, 5.41) is 11.3. The first-order valence-corrected chi connectivity index (χ1v) is 6.96. The van der Waals surface area contributed by atoms with Gasteiger partial charge >= 0.3 is 0 Å². The average molecular weight is 281 g/mol. The summed E-state index contributed by atoms with van der Waals surface area (Å²) in [7, 11) is 0. The van der Waals surface area contributed by atoms with Crippen molar-refractivity contribution in [2.75, 3.05) is 0 Å². The molecule has 11 heavy (non-hydrogen) atoms. The number of benzene rings is 1. The van der Waals surface area contributed by atoms with Gasteiger partial charge in [-0.05, 0) is 23.7 Å². The second-order valence-electron chi connectivity index (χ2n) is 1.90. The normalized spacial score (nSPS) is 10.6. The maximum Gasteiger partial charge on any atom is 0.269 e. The molecule has 0 aliphatic heterocycles. The van der Waals surface area contributed by atoms with Gasteiger partial charge < -0.3 is 0 Å². The molecule has 0 radical (unpaired) electrons.